The van der Waals surface area contributed by atoms with Gasteiger partial charge >= 0.3 is 0 Å². The van der Waals surface area contributed by atoms with Gasteiger partial charge in [0.25, 0.3) is 0 Å². The van der Waals surface area contributed by atoms with E-state index < -0.39 is 12.0 Å². The van der Waals surface area contributed by atoms with Gasteiger partial charge in [-0.1, -0.05) is 0 Å². The van der Waals surface area contributed by atoms with Crippen molar-refractivity contribution in [3.8, 4) is 0 Å². The van der Waals surface area contributed by atoms with E-state index in [0.29, 0.717) is 0 Å². The fourth-order valence-electron chi connectivity index (χ4n) is 0.0760. The molecule has 0 spiro atoms. The predicted molar refractivity (Wildman–Crippen MR) is 25.9 cm³/mol. The molecule has 0 heterocycles. The molecule has 3 nitrogen and oxygen atoms in total. The first kappa shape index (κ1) is 6.72. The minimum absolute atomic E-state index is 0.130. The minimum Gasteiger partial charge on any atom is -0.382 e. The molecule has 42 valence electrons. The quantitative estimate of drug-likeness (QED) is 0.466. The monoisotopic (exact) mass is 123 g/mol. The van der Waals surface area contributed by atoms with Crippen LogP contribution in [0.2, 0.25) is 0 Å². The Labute approximate surface area is 46.1 Å². The zero-order chi connectivity index (χ0) is 5.86. The zero-order valence-electron chi connectivity index (χ0n) is 3.60. The van der Waals surface area contributed by atoms with E-state index in [4.69, 9.17) is 16.7 Å². The van der Waals surface area contributed by atoms with Gasteiger partial charge in [-0.15, -0.1) is 11.6 Å². The van der Waals surface area contributed by atoms with Crippen LogP contribution in [0.5, 0.6) is 0 Å². The molecule has 0 unspecified atom stereocenters. The highest BCUT2D eigenvalue weighted by atomic mass is 35.5. The van der Waals surface area contributed by atoms with Gasteiger partial charge in [-0.2, -0.15) is 0 Å². The van der Waals surface area contributed by atoms with Crippen LogP contribution in [0.1, 0.15) is 0 Å². The SMILES string of the molecule is NC(=O)[C@H](O)CCl. The van der Waals surface area contributed by atoms with Gasteiger partial charge in [0, 0.05) is 0 Å². The first-order chi connectivity index (χ1) is 3.18. The lowest BCUT2D eigenvalue weighted by Gasteiger charge is -1.95. The molecule has 0 radical (unpaired) electrons. The Morgan fingerprint density at radius 2 is 2.43 bits per heavy atom. The number of rotatable bonds is 2. The highest BCUT2D eigenvalue weighted by molar-refractivity contribution is 6.19. The third-order valence-corrected chi connectivity index (χ3v) is 0.767. The zero-order valence-corrected chi connectivity index (χ0v) is 4.35. The van der Waals surface area contributed by atoms with Gasteiger partial charge < -0.3 is 10.8 Å². The van der Waals surface area contributed by atoms with Gasteiger partial charge in [-0.25, -0.2) is 0 Å². The number of hydrogen-bond acceptors (Lipinski definition) is 2. The Hall–Kier alpha value is -0.280. The van der Waals surface area contributed by atoms with Crippen molar-refractivity contribution in [2.75, 3.05) is 5.88 Å². The molecule has 0 bridgehead atoms. The topological polar surface area (TPSA) is 63.3 Å². The van der Waals surface area contributed by atoms with Crippen molar-refractivity contribution >= 4 is 17.5 Å². The number of carbonyl (C=O) groups is 1. The Kier molecular flexibility index (Phi) is 2.71. The largest absolute Gasteiger partial charge is 0.382 e. The number of alkyl halides is 1. The summed E-state index contributed by atoms with van der Waals surface area (Å²) >= 11 is 5.00. The summed E-state index contributed by atoms with van der Waals surface area (Å²) in [4.78, 5) is 9.82. The van der Waals surface area contributed by atoms with Crippen molar-refractivity contribution < 1.29 is 9.90 Å². The van der Waals surface area contributed by atoms with Crippen molar-refractivity contribution in [1.82, 2.24) is 0 Å². The number of nitrogens with two attached hydrogens (primary N) is 1. The van der Waals surface area contributed by atoms with Gasteiger partial charge in [-0.05, 0) is 0 Å². The fraction of sp³-hybridized carbons (Fsp3) is 0.667. The van der Waals surface area contributed by atoms with Crippen molar-refractivity contribution in [2.45, 2.75) is 6.10 Å². The number of hydrogen-bond donors (Lipinski definition) is 2. The summed E-state index contributed by atoms with van der Waals surface area (Å²) in [5.41, 5.74) is 4.57. The Morgan fingerprint density at radius 1 is 2.00 bits per heavy atom. The molecular weight excluding hydrogens is 117 g/mol. The molecule has 4 heteroatoms. The number of aliphatic hydroxyl groups is 1. The van der Waals surface area contributed by atoms with E-state index in [1.807, 2.05) is 0 Å². The van der Waals surface area contributed by atoms with Gasteiger partial charge in [0.2, 0.25) is 5.91 Å². The summed E-state index contributed by atoms with van der Waals surface area (Å²) in [5.74, 6) is -0.912. The van der Waals surface area contributed by atoms with E-state index in [0.717, 1.165) is 0 Å². The van der Waals surface area contributed by atoms with Crippen molar-refractivity contribution in [3.05, 3.63) is 0 Å². The van der Waals surface area contributed by atoms with Crippen LogP contribution < -0.4 is 5.73 Å². The highest BCUT2D eigenvalue weighted by Crippen LogP contribution is 1.82. The molecule has 0 aliphatic carbocycles. The molecule has 1 atom stereocenters. The molecule has 0 aromatic rings. The van der Waals surface area contributed by atoms with Gasteiger partial charge in [0.1, 0.15) is 6.10 Å². The molecule has 0 aromatic carbocycles. The summed E-state index contributed by atoms with van der Waals surface area (Å²) in [6.45, 7) is 0. The van der Waals surface area contributed by atoms with E-state index in [2.05, 4.69) is 5.73 Å². The van der Waals surface area contributed by atoms with Crippen LogP contribution in [0.3, 0.4) is 0 Å². The summed E-state index contributed by atoms with van der Waals surface area (Å²) < 4.78 is 0. The number of primary amides is 1. The summed E-state index contributed by atoms with van der Waals surface area (Å²) in [6, 6.07) is 0. The number of aliphatic hydroxyl groups excluding tert-OH is 1. The van der Waals surface area contributed by atoms with E-state index in [-0.39, 0.29) is 5.88 Å². The van der Waals surface area contributed by atoms with Crippen LogP contribution in [-0.2, 0) is 4.79 Å². The Bertz CT molecular complexity index is 75.3. The second-order valence-electron chi connectivity index (χ2n) is 1.07. The maximum absolute atomic E-state index is 9.82. The Balaban J connectivity index is 3.34. The summed E-state index contributed by atoms with van der Waals surface area (Å²) in [5, 5.41) is 8.33. The van der Waals surface area contributed by atoms with E-state index in [9.17, 15) is 4.79 Å². The lowest BCUT2D eigenvalue weighted by Crippen LogP contribution is -2.29. The molecular formula is C3H6ClNO2. The van der Waals surface area contributed by atoms with Crippen LogP contribution in [-0.4, -0.2) is 23.0 Å². The van der Waals surface area contributed by atoms with E-state index in [1.165, 1.54) is 0 Å². The summed E-state index contributed by atoms with van der Waals surface area (Å²) in [6.07, 6.45) is -1.19. The third kappa shape index (κ3) is 2.42. The maximum atomic E-state index is 9.82. The molecule has 3 N–H and O–H groups in total. The molecule has 0 rings (SSSR count). The number of halogens is 1. The average molecular weight is 124 g/mol. The molecule has 1 amide bonds. The molecule has 7 heavy (non-hydrogen) atoms. The van der Waals surface area contributed by atoms with Crippen molar-refractivity contribution in [2.24, 2.45) is 5.73 Å². The third-order valence-electron chi connectivity index (χ3n) is 0.475. The molecule has 0 aliphatic heterocycles. The maximum Gasteiger partial charge on any atom is 0.247 e. The van der Waals surface area contributed by atoms with Crippen LogP contribution in [0.15, 0.2) is 0 Å². The number of amides is 1. The van der Waals surface area contributed by atoms with Crippen LogP contribution >= 0.6 is 11.6 Å². The van der Waals surface area contributed by atoms with Crippen molar-refractivity contribution in [1.29, 1.82) is 0 Å². The highest BCUT2D eigenvalue weighted by Gasteiger charge is 2.06. The van der Waals surface area contributed by atoms with Gasteiger partial charge in [-0.3, -0.25) is 4.79 Å². The average Bonchev–Trinajstić information content (AvgIpc) is 1.65. The normalized spacial score (nSPS) is 13.4. The fourth-order valence-corrected chi connectivity index (χ4v) is 0.228. The second-order valence-corrected chi connectivity index (χ2v) is 1.38. The minimum atomic E-state index is -1.19. The molecule has 0 saturated carbocycles. The second kappa shape index (κ2) is 2.82. The van der Waals surface area contributed by atoms with E-state index >= 15 is 0 Å². The lowest BCUT2D eigenvalue weighted by atomic mass is 10.4. The van der Waals surface area contributed by atoms with Crippen LogP contribution in [0, 0.1) is 0 Å². The van der Waals surface area contributed by atoms with Crippen molar-refractivity contribution in [3.63, 3.8) is 0 Å². The Morgan fingerprint density at radius 3 is 2.43 bits per heavy atom. The standard InChI is InChI=1S/C3H6ClNO2/c4-1-2(6)3(5)7/h2,6H,1H2,(H2,5,7)/t2-/m1/s1. The van der Waals surface area contributed by atoms with Gasteiger partial charge in [0.15, 0.2) is 0 Å². The molecule has 0 fully saturated rings. The smallest absolute Gasteiger partial charge is 0.247 e. The van der Waals surface area contributed by atoms with Crippen LogP contribution in [0.4, 0.5) is 0 Å². The molecule has 0 aliphatic rings. The predicted octanol–water partition coefficient (Wildman–Crippen LogP) is -0.929. The summed E-state index contributed by atoms with van der Waals surface area (Å²) in [7, 11) is 0. The van der Waals surface area contributed by atoms with Gasteiger partial charge in [0.05, 0.1) is 5.88 Å². The lowest BCUT2D eigenvalue weighted by molar-refractivity contribution is -0.124. The number of carbonyl (C=O) groups excluding carboxylic acids is 1. The van der Waals surface area contributed by atoms with E-state index in [1.54, 1.807) is 0 Å². The molecule has 0 aromatic heterocycles. The first-order valence-corrected chi connectivity index (χ1v) is 2.25. The van der Waals surface area contributed by atoms with Crippen LogP contribution in [0.25, 0.3) is 0 Å². The first-order valence-electron chi connectivity index (χ1n) is 1.72. The molecule has 0 saturated heterocycles.